The van der Waals surface area contributed by atoms with Gasteiger partial charge in [0.15, 0.2) is 11.6 Å². The van der Waals surface area contributed by atoms with E-state index in [1.165, 1.54) is 7.11 Å². The van der Waals surface area contributed by atoms with Crippen molar-refractivity contribution >= 4 is 5.91 Å². The van der Waals surface area contributed by atoms with Crippen molar-refractivity contribution in [2.45, 2.75) is 45.2 Å². The minimum Gasteiger partial charge on any atom is -0.493 e. The summed E-state index contributed by atoms with van der Waals surface area (Å²) in [5.41, 5.74) is -0.506. The molecule has 0 aromatic heterocycles. The van der Waals surface area contributed by atoms with Crippen molar-refractivity contribution in [1.29, 1.82) is 0 Å². The minimum atomic E-state index is -0.877. The summed E-state index contributed by atoms with van der Waals surface area (Å²) >= 11 is 0. The third kappa shape index (κ3) is 3.99. The Labute approximate surface area is 135 Å². The van der Waals surface area contributed by atoms with E-state index in [9.17, 15) is 13.6 Å². The Balaban J connectivity index is 2.14. The minimum absolute atomic E-state index is 0.113. The van der Waals surface area contributed by atoms with Gasteiger partial charge in [0.2, 0.25) is 0 Å². The predicted molar refractivity (Wildman–Crippen MR) is 84.7 cm³/mol. The Hall–Kier alpha value is -1.69. The molecule has 1 N–H and O–H groups in total. The van der Waals surface area contributed by atoms with Gasteiger partial charge in [0.05, 0.1) is 12.7 Å². The first kappa shape index (κ1) is 17.7. The molecule has 0 spiro atoms. The average molecular weight is 326 g/mol. The van der Waals surface area contributed by atoms with Crippen LogP contribution in [0.15, 0.2) is 12.1 Å². The number of ether oxygens (including phenoxy) is 1. The van der Waals surface area contributed by atoms with Crippen molar-refractivity contribution in [3.63, 3.8) is 0 Å². The smallest absolute Gasteiger partial charge is 0.255 e. The molecule has 128 valence electrons. The molecular weight excluding hydrogens is 302 g/mol. The Morgan fingerprint density at radius 2 is 1.91 bits per heavy atom. The molecule has 1 aromatic carbocycles. The number of benzene rings is 1. The highest BCUT2D eigenvalue weighted by Gasteiger charge is 2.33. The van der Waals surface area contributed by atoms with Crippen molar-refractivity contribution in [3.05, 3.63) is 29.3 Å². The summed E-state index contributed by atoms with van der Waals surface area (Å²) in [7, 11) is 1.26. The Bertz CT molecular complexity index is 582. The van der Waals surface area contributed by atoms with Crippen molar-refractivity contribution in [3.8, 4) is 5.75 Å². The van der Waals surface area contributed by atoms with E-state index in [0.29, 0.717) is 12.1 Å². The lowest BCUT2D eigenvalue weighted by molar-refractivity contribution is 0.0797. The van der Waals surface area contributed by atoms with Crippen LogP contribution in [0.3, 0.4) is 0 Å². The predicted octanol–water partition coefficient (Wildman–Crippen LogP) is 2.97. The van der Waals surface area contributed by atoms with Crippen LogP contribution in [0.1, 0.15) is 44.0 Å². The van der Waals surface area contributed by atoms with Crippen molar-refractivity contribution in [1.82, 2.24) is 10.2 Å². The zero-order chi connectivity index (χ0) is 17.2. The van der Waals surface area contributed by atoms with Crippen molar-refractivity contribution < 1.29 is 18.3 Å². The van der Waals surface area contributed by atoms with E-state index in [1.54, 1.807) is 0 Å². The monoisotopic (exact) mass is 326 g/mol. The summed E-state index contributed by atoms with van der Waals surface area (Å²) in [5, 5.41) is 2.92. The van der Waals surface area contributed by atoms with E-state index in [2.05, 4.69) is 24.1 Å². The number of hydrogen-bond acceptors (Lipinski definition) is 3. The number of hydrogen-bond donors (Lipinski definition) is 1. The van der Waals surface area contributed by atoms with Gasteiger partial charge in [0.25, 0.3) is 5.91 Å². The molecule has 1 fully saturated rings. The third-order valence-corrected chi connectivity index (χ3v) is 4.50. The fraction of sp³-hybridized carbons (Fsp3) is 0.588. The van der Waals surface area contributed by atoms with Gasteiger partial charge in [-0.1, -0.05) is 0 Å². The van der Waals surface area contributed by atoms with Gasteiger partial charge in [-0.25, -0.2) is 8.78 Å². The normalized spacial score (nSPS) is 18.0. The van der Waals surface area contributed by atoms with E-state index >= 15 is 0 Å². The van der Waals surface area contributed by atoms with Crippen LogP contribution >= 0.6 is 0 Å². The molecule has 1 aromatic rings. The molecule has 0 bridgehead atoms. The van der Waals surface area contributed by atoms with E-state index in [4.69, 9.17) is 4.74 Å². The molecule has 1 aliphatic heterocycles. The van der Waals surface area contributed by atoms with Gasteiger partial charge < -0.3 is 15.0 Å². The molecule has 4 nitrogen and oxygen atoms in total. The van der Waals surface area contributed by atoms with Crippen LogP contribution in [0.25, 0.3) is 0 Å². The molecule has 1 aliphatic rings. The number of methoxy groups -OCH3 is 1. The molecule has 6 heteroatoms. The lowest BCUT2D eigenvalue weighted by Crippen LogP contribution is -2.54. The number of nitrogens with one attached hydrogen (secondary N) is 1. The van der Waals surface area contributed by atoms with Crippen molar-refractivity contribution in [2.24, 2.45) is 0 Å². The zero-order valence-corrected chi connectivity index (χ0v) is 14.1. The molecular formula is C17H24F2N2O2. The maximum atomic E-state index is 13.7. The summed E-state index contributed by atoms with van der Waals surface area (Å²) in [5.74, 6) is -2.42. The van der Waals surface area contributed by atoms with Crippen LogP contribution in [-0.2, 0) is 0 Å². The van der Waals surface area contributed by atoms with Gasteiger partial charge >= 0.3 is 0 Å². The second-order valence-electron chi connectivity index (χ2n) is 6.61. The molecule has 0 saturated carbocycles. The van der Waals surface area contributed by atoms with Gasteiger partial charge in [0.1, 0.15) is 5.82 Å². The summed E-state index contributed by atoms with van der Waals surface area (Å²) in [4.78, 5) is 14.8. The van der Waals surface area contributed by atoms with E-state index in [1.807, 2.05) is 6.92 Å². The number of rotatable bonds is 4. The first-order valence-electron chi connectivity index (χ1n) is 7.85. The van der Waals surface area contributed by atoms with Crippen molar-refractivity contribution in [2.75, 3.05) is 20.2 Å². The first-order valence-corrected chi connectivity index (χ1v) is 7.85. The van der Waals surface area contributed by atoms with Crippen LogP contribution in [0.4, 0.5) is 8.78 Å². The van der Waals surface area contributed by atoms with Crippen LogP contribution < -0.4 is 10.1 Å². The third-order valence-electron chi connectivity index (χ3n) is 4.50. The van der Waals surface area contributed by atoms with E-state index < -0.39 is 23.1 Å². The first-order chi connectivity index (χ1) is 10.8. The maximum absolute atomic E-state index is 13.7. The number of amides is 1. The highest BCUT2D eigenvalue weighted by atomic mass is 19.1. The number of halogens is 2. The summed E-state index contributed by atoms with van der Waals surface area (Å²) in [6, 6.07) is 2.18. The second-order valence-corrected chi connectivity index (χ2v) is 6.61. The molecule has 23 heavy (non-hydrogen) atoms. The summed E-state index contributed by atoms with van der Waals surface area (Å²) < 4.78 is 32.1. The van der Waals surface area contributed by atoms with Crippen LogP contribution in [0.5, 0.6) is 5.75 Å². The fourth-order valence-corrected chi connectivity index (χ4v) is 2.94. The lowest BCUT2D eigenvalue weighted by atomic mass is 9.88. The van der Waals surface area contributed by atoms with Gasteiger partial charge in [0, 0.05) is 30.7 Å². The molecule has 0 unspecified atom stereocenters. The summed E-state index contributed by atoms with van der Waals surface area (Å²) in [6.07, 6.45) is 1.58. The largest absolute Gasteiger partial charge is 0.493 e. The molecule has 0 aliphatic carbocycles. The van der Waals surface area contributed by atoms with Crippen LogP contribution in [0.2, 0.25) is 0 Å². The Morgan fingerprint density at radius 3 is 2.43 bits per heavy atom. The quantitative estimate of drug-likeness (QED) is 0.925. The second kappa shape index (κ2) is 6.83. The van der Waals surface area contributed by atoms with Gasteiger partial charge in [-0.2, -0.15) is 0 Å². The SMILES string of the molecule is COc1c(F)cc(F)cc1C(=O)NC1(C)CCN(C(C)C)CC1. The topological polar surface area (TPSA) is 41.6 Å². The molecule has 2 rings (SSSR count). The van der Waals surface area contributed by atoms with Gasteiger partial charge in [-0.15, -0.1) is 0 Å². The standard InChI is InChI=1S/C17H24F2N2O2/c1-11(2)21-7-5-17(3,6-8-21)20-16(22)13-9-12(18)10-14(19)15(13)23-4/h9-11H,5-8H2,1-4H3,(H,20,22). The zero-order valence-electron chi connectivity index (χ0n) is 14.1. The fourth-order valence-electron chi connectivity index (χ4n) is 2.94. The Morgan fingerprint density at radius 1 is 1.30 bits per heavy atom. The number of carbonyl (C=O) groups is 1. The van der Waals surface area contributed by atoms with Gasteiger partial charge in [-0.3, -0.25) is 4.79 Å². The number of nitrogens with zero attached hydrogens (tertiary/aromatic N) is 1. The average Bonchev–Trinajstić information content (AvgIpc) is 2.46. The lowest BCUT2D eigenvalue weighted by Gasteiger charge is -2.41. The van der Waals surface area contributed by atoms with E-state index in [-0.39, 0.29) is 11.3 Å². The highest BCUT2D eigenvalue weighted by molar-refractivity contribution is 5.97. The molecule has 0 atom stereocenters. The molecule has 1 amide bonds. The van der Waals surface area contributed by atoms with Crippen LogP contribution in [0, 0.1) is 11.6 Å². The summed E-state index contributed by atoms with van der Waals surface area (Å²) in [6.45, 7) is 8.00. The highest BCUT2D eigenvalue weighted by Crippen LogP contribution is 2.27. The maximum Gasteiger partial charge on any atom is 0.255 e. The number of carbonyl (C=O) groups excluding carboxylic acids is 1. The molecule has 0 radical (unpaired) electrons. The van der Waals surface area contributed by atoms with Crippen LogP contribution in [-0.4, -0.2) is 42.6 Å². The molecule has 1 heterocycles. The van der Waals surface area contributed by atoms with Gasteiger partial charge in [-0.05, 0) is 39.7 Å². The number of piperidine rings is 1. The number of likely N-dealkylation sites (tertiary alicyclic amines) is 1. The molecule has 1 saturated heterocycles. The Kier molecular flexibility index (Phi) is 5.24. The van der Waals surface area contributed by atoms with E-state index in [0.717, 1.165) is 32.0 Å².